The van der Waals surface area contributed by atoms with E-state index in [1.165, 1.54) is 18.9 Å². The number of hydrogen-bond acceptors (Lipinski definition) is 8. The van der Waals surface area contributed by atoms with Crippen molar-refractivity contribution in [2.45, 2.75) is 6.92 Å². The van der Waals surface area contributed by atoms with Crippen molar-refractivity contribution in [2.24, 2.45) is 4.99 Å². The summed E-state index contributed by atoms with van der Waals surface area (Å²) in [7, 11) is 3.15. The average molecular weight is 512 g/mol. The van der Waals surface area contributed by atoms with E-state index in [2.05, 4.69) is 4.99 Å². The predicted molar refractivity (Wildman–Crippen MR) is 139 cm³/mol. The van der Waals surface area contributed by atoms with Crippen molar-refractivity contribution in [3.63, 3.8) is 0 Å². The molecular formula is C26H29N3O6S. The number of likely N-dealkylation sites (N-methyl/N-ethyl adjacent to an activating group) is 1. The number of carbonyl (C=O) groups excluding carboxylic acids is 2. The van der Waals surface area contributed by atoms with Gasteiger partial charge in [0.15, 0.2) is 23.3 Å². The SMILES string of the molecule is CCN1C(=O)/C(=C/c2ccc(OCC(=O)N3CCOCC3)c(OC)c2)SC1=Nc1ccc(OC)cc1. The minimum Gasteiger partial charge on any atom is -0.497 e. The Morgan fingerprint density at radius 1 is 1.08 bits per heavy atom. The molecule has 2 aromatic rings. The van der Waals surface area contributed by atoms with Crippen LogP contribution in [0.4, 0.5) is 5.69 Å². The summed E-state index contributed by atoms with van der Waals surface area (Å²) in [6, 6.07) is 12.7. The molecule has 2 aliphatic rings. The molecule has 2 aliphatic heterocycles. The molecule has 4 rings (SSSR count). The molecule has 0 aromatic heterocycles. The highest BCUT2D eigenvalue weighted by Gasteiger charge is 2.32. The summed E-state index contributed by atoms with van der Waals surface area (Å²) in [5, 5.41) is 0.618. The van der Waals surface area contributed by atoms with Gasteiger partial charge >= 0.3 is 0 Å². The molecule has 0 unspecified atom stereocenters. The van der Waals surface area contributed by atoms with Crippen molar-refractivity contribution in [3.05, 3.63) is 52.9 Å². The molecule has 0 N–H and O–H groups in total. The number of morpholine rings is 1. The number of thioether (sulfide) groups is 1. The van der Waals surface area contributed by atoms with Crippen molar-refractivity contribution in [3.8, 4) is 17.2 Å². The van der Waals surface area contributed by atoms with Crippen LogP contribution in [0.25, 0.3) is 6.08 Å². The highest BCUT2D eigenvalue weighted by molar-refractivity contribution is 8.18. The van der Waals surface area contributed by atoms with E-state index in [9.17, 15) is 9.59 Å². The monoisotopic (exact) mass is 511 g/mol. The van der Waals surface area contributed by atoms with Crippen molar-refractivity contribution in [1.82, 2.24) is 9.80 Å². The Balaban J connectivity index is 1.48. The summed E-state index contributed by atoms with van der Waals surface area (Å²) >= 11 is 1.32. The molecule has 9 nitrogen and oxygen atoms in total. The minimum atomic E-state index is -0.106. The number of amidine groups is 1. The maximum atomic E-state index is 13.0. The lowest BCUT2D eigenvalue weighted by Crippen LogP contribution is -2.43. The van der Waals surface area contributed by atoms with Crippen LogP contribution < -0.4 is 14.2 Å². The largest absolute Gasteiger partial charge is 0.497 e. The average Bonchev–Trinajstić information content (AvgIpc) is 3.21. The zero-order chi connectivity index (χ0) is 25.5. The summed E-state index contributed by atoms with van der Waals surface area (Å²) in [5.74, 6) is 1.49. The Morgan fingerprint density at radius 3 is 2.50 bits per heavy atom. The van der Waals surface area contributed by atoms with E-state index in [-0.39, 0.29) is 18.4 Å². The Labute approximate surface area is 214 Å². The van der Waals surface area contributed by atoms with Crippen molar-refractivity contribution in [1.29, 1.82) is 0 Å². The molecule has 0 spiro atoms. The molecule has 190 valence electrons. The summed E-state index contributed by atoms with van der Waals surface area (Å²) in [5.41, 5.74) is 1.51. The summed E-state index contributed by atoms with van der Waals surface area (Å²) < 4.78 is 21.7. The first-order valence-electron chi connectivity index (χ1n) is 11.6. The smallest absolute Gasteiger partial charge is 0.266 e. The van der Waals surface area contributed by atoms with E-state index in [1.54, 1.807) is 35.1 Å². The molecular weight excluding hydrogens is 482 g/mol. The topological polar surface area (TPSA) is 89.9 Å². The third kappa shape index (κ3) is 6.00. The summed E-state index contributed by atoms with van der Waals surface area (Å²) in [4.78, 5) is 34.0. The Hall–Kier alpha value is -3.50. The molecule has 0 saturated carbocycles. The van der Waals surface area contributed by atoms with Gasteiger partial charge in [0.05, 0.1) is 38.0 Å². The van der Waals surface area contributed by atoms with Crippen LogP contribution in [-0.2, 0) is 14.3 Å². The number of amides is 2. The number of rotatable bonds is 8. The van der Waals surface area contributed by atoms with Gasteiger partial charge in [-0.25, -0.2) is 4.99 Å². The predicted octanol–water partition coefficient (Wildman–Crippen LogP) is 3.57. The van der Waals surface area contributed by atoms with Crippen LogP contribution in [-0.4, -0.2) is 80.5 Å². The molecule has 2 amide bonds. The van der Waals surface area contributed by atoms with Crippen molar-refractivity contribution >= 4 is 40.5 Å². The highest BCUT2D eigenvalue weighted by Crippen LogP contribution is 2.36. The lowest BCUT2D eigenvalue weighted by atomic mass is 10.2. The number of benzene rings is 2. The number of methoxy groups -OCH3 is 2. The van der Waals surface area contributed by atoms with E-state index in [1.807, 2.05) is 37.3 Å². The molecule has 2 fully saturated rings. The van der Waals surface area contributed by atoms with Crippen LogP contribution in [0.5, 0.6) is 17.2 Å². The first kappa shape index (κ1) is 25.6. The van der Waals surface area contributed by atoms with Crippen molar-refractivity contribution in [2.75, 3.05) is 53.7 Å². The quantitative estimate of drug-likeness (QED) is 0.501. The second kappa shape index (κ2) is 12.0. The molecule has 36 heavy (non-hydrogen) atoms. The molecule has 0 bridgehead atoms. The van der Waals surface area contributed by atoms with Crippen LogP contribution in [0.3, 0.4) is 0 Å². The van der Waals surface area contributed by atoms with E-state index in [4.69, 9.17) is 18.9 Å². The normalized spacial score (nSPS) is 18.1. The first-order chi connectivity index (χ1) is 17.5. The Bertz CT molecular complexity index is 1160. The van der Waals surface area contributed by atoms with Gasteiger partial charge in [0.25, 0.3) is 11.8 Å². The van der Waals surface area contributed by atoms with Gasteiger partial charge in [-0.2, -0.15) is 0 Å². The summed E-state index contributed by atoms with van der Waals surface area (Å²) in [6.45, 7) is 4.55. The van der Waals surface area contributed by atoms with Gasteiger partial charge in [-0.3, -0.25) is 14.5 Å². The number of aliphatic imine (C=N–C) groups is 1. The van der Waals surface area contributed by atoms with Gasteiger partial charge in [0, 0.05) is 19.6 Å². The van der Waals surface area contributed by atoms with E-state index >= 15 is 0 Å². The van der Waals surface area contributed by atoms with Gasteiger partial charge in [-0.1, -0.05) is 6.07 Å². The zero-order valence-electron chi connectivity index (χ0n) is 20.6. The number of nitrogens with zero attached hydrogens (tertiary/aromatic N) is 3. The van der Waals surface area contributed by atoms with Gasteiger partial charge in [-0.05, 0) is 66.7 Å². The van der Waals surface area contributed by atoms with Gasteiger partial charge < -0.3 is 23.8 Å². The van der Waals surface area contributed by atoms with Gasteiger partial charge in [0.2, 0.25) is 0 Å². The Kier molecular flexibility index (Phi) is 8.50. The molecule has 0 radical (unpaired) electrons. The maximum absolute atomic E-state index is 13.0. The molecule has 0 atom stereocenters. The van der Waals surface area contributed by atoms with Crippen LogP contribution >= 0.6 is 11.8 Å². The van der Waals surface area contributed by atoms with Gasteiger partial charge in [0.1, 0.15) is 5.75 Å². The lowest BCUT2D eigenvalue weighted by Gasteiger charge is -2.26. The number of carbonyl (C=O) groups is 2. The minimum absolute atomic E-state index is 0.0816. The molecule has 0 aliphatic carbocycles. The van der Waals surface area contributed by atoms with E-state index in [0.29, 0.717) is 54.4 Å². The lowest BCUT2D eigenvalue weighted by molar-refractivity contribution is -0.137. The van der Waals surface area contributed by atoms with E-state index < -0.39 is 0 Å². The molecule has 2 aromatic carbocycles. The molecule has 2 saturated heterocycles. The number of hydrogen-bond donors (Lipinski definition) is 0. The number of ether oxygens (including phenoxy) is 4. The van der Waals surface area contributed by atoms with Crippen LogP contribution in [0.15, 0.2) is 52.4 Å². The fourth-order valence-corrected chi connectivity index (χ4v) is 4.79. The fraction of sp³-hybridized carbons (Fsp3) is 0.346. The first-order valence-corrected chi connectivity index (χ1v) is 12.4. The van der Waals surface area contributed by atoms with Crippen LogP contribution in [0.2, 0.25) is 0 Å². The third-order valence-corrected chi connectivity index (χ3v) is 6.71. The van der Waals surface area contributed by atoms with E-state index in [0.717, 1.165) is 17.0 Å². The second-order valence-electron chi connectivity index (χ2n) is 7.94. The highest BCUT2D eigenvalue weighted by atomic mass is 32.2. The Morgan fingerprint density at radius 2 is 1.83 bits per heavy atom. The maximum Gasteiger partial charge on any atom is 0.266 e. The van der Waals surface area contributed by atoms with Crippen LogP contribution in [0, 0.1) is 0 Å². The second-order valence-corrected chi connectivity index (χ2v) is 8.95. The van der Waals surface area contributed by atoms with Crippen molar-refractivity contribution < 1.29 is 28.5 Å². The summed E-state index contributed by atoms with van der Waals surface area (Å²) in [6.07, 6.45) is 1.80. The fourth-order valence-electron chi connectivity index (χ4n) is 3.73. The molecule has 2 heterocycles. The van der Waals surface area contributed by atoms with Crippen LogP contribution in [0.1, 0.15) is 12.5 Å². The standard InChI is InChI=1S/C26H29N3O6S/c1-4-29-25(31)23(36-26(29)27-19-6-8-20(32-2)9-7-19)16-18-5-10-21(22(15-18)33-3)35-17-24(30)28-11-13-34-14-12-28/h5-10,15-16H,4,11-14,17H2,1-3H3/b23-16-,27-26?. The van der Waals surface area contributed by atoms with Gasteiger partial charge in [-0.15, -0.1) is 0 Å². The molecule has 10 heteroatoms. The third-order valence-electron chi connectivity index (χ3n) is 5.70. The zero-order valence-corrected chi connectivity index (χ0v) is 21.4.